The highest BCUT2D eigenvalue weighted by molar-refractivity contribution is 7.90. The van der Waals surface area contributed by atoms with Crippen LogP contribution >= 0.6 is 0 Å². The fraction of sp³-hybridized carbons (Fsp3) is 1.00. The van der Waals surface area contributed by atoms with Gasteiger partial charge in [0, 0.05) is 18.1 Å². The number of nitrogens with one attached hydrogen (secondary N) is 1. The molecule has 0 aromatic carbocycles. The lowest BCUT2D eigenvalue weighted by Crippen LogP contribution is -2.54. The standard InChI is InChI=1S/C12H26N2O2S/c1-10(2)17(15,16)13-11-7-6-8-14(9-11)12(3,4)5/h10-11,13H,6-9H2,1-5H3. The third kappa shape index (κ3) is 4.23. The zero-order valence-corrected chi connectivity index (χ0v) is 12.5. The molecule has 0 aromatic rings. The molecule has 0 aromatic heterocycles. The summed E-state index contributed by atoms with van der Waals surface area (Å²) in [6.07, 6.45) is 2.00. The van der Waals surface area contributed by atoms with Crippen molar-refractivity contribution in [1.82, 2.24) is 9.62 Å². The molecule has 0 radical (unpaired) electrons. The van der Waals surface area contributed by atoms with Crippen LogP contribution in [-0.2, 0) is 10.0 Å². The van der Waals surface area contributed by atoms with Gasteiger partial charge < -0.3 is 0 Å². The molecule has 1 aliphatic rings. The molecule has 1 saturated heterocycles. The fourth-order valence-corrected chi connectivity index (χ4v) is 2.98. The Kier molecular flexibility index (Phi) is 4.60. The molecule has 4 nitrogen and oxygen atoms in total. The van der Waals surface area contributed by atoms with Gasteiger partial charge in [-0.25, -0.2) is 13.1 Å². The van der Waals surface area contributed by atoms with Crippen LogP contribution in [0.2, 0.25) is 0 Å². The molecule has 0 aliphatic carbocycles. The first-order valence-electron chi connectivity index (χ1n) is 6.39. The van der Waals surface area contributed by atoms with Crippen LogP contribution in [-0.4, -0.2) is 43.2 Å². The minimum absolute atomic E-state index is 0.0652. The fourth-order valence-electron chi connectivity index (χ4n) is 2.05. The average molecular weight is 262 g/mol. The van der Waals surface area contributed by atoms with Crippen LogP contribution in [0.15, 0.2) is 0 Å². The van der Waals surface area contributed by atoms with Crippen LogP contribution in [0.25, 0.3) is 0 Å². The van der Waals surface area contributed by atoms with E-state index >= 15 is 0 Å². The predicted molar refractivity (Wildman–Crippen MR) is 71.5 cm³/mol. The summed E-state index contributed by atoms with van der Waals surface area (Å²) >= 11 is 0. The topological polar surface area (TPSA) is 49.4 Å². The number of nitrogens with zero attached hydrogens (tertiary/aromatic N) is 1. The maximum atomic E-state index is 11.8. The Bertz CT molecular complexity index is 344. The van der Waals surface area contributed by atoms with Gasteiger partial charge in [-0.2, -0.15) is 0 Å². The normalized spacial score (nSPS) is 24.2. The Morgan fingerprint density at radius 2 is 1.88 bits per heavy atom. The van der Waals surface area contributed by atoms with Gasteiger partial charge in [-0.1, -0.05) is 0 Å². The highest BCUT2D eigenvalue weighted by Crippen LogP contribution is 2.20. The molecule has 0 saturated carbocycles. The van der Waals surface area contributed by atoms with E-state index in [2.05, 4.69) is 30.4 Å². The van der Waals surface area contributed by atoms with Crippen LogP contribution in [0, 0.1) is 0 Å². The molecular weight excluding hydrogens is 236 g/mol. The van der Waals surface area contributed by atoms with Gasteiger partial charge in [0.25, 0.3) is 0 Å². The summed E-state index contributed by atoms with van der Waals surface area (Å²) in [4.78, 5) is 2.35. The molecule has 1 aliphatic heterocycles. The van der Waals surface area contributed by atoms with E-state index in [1.807, 2.05) is 0 Å². The maximum Gasteiger partial charge on any atom is 0.214 e. The molecular formula is C12H26N2O2S. The minimum atomic E-state index is -3.14. The molecule has 1 unspecified atom stereocenters. The van der Waals surface area contributed by atoms with Gasteiger partial charge in [0.2, 0.25) is 10.0 Å². The molecule has 17 heavy (non-hydrogen) atoms. The Labute approximate surface area is 106 Å². The van der Waals surface area contributed by atoms with Crippen molar-refractivity contribution < 1.29 is 8.42 Å². The first kappa shape index (κ1) is 14.9. The second-order valence-corrected chi connectivity index (χ2v) is 8.44. The van der Waals surface area contributed by atoms with E-state index in [0.29, 0.717) is 0 Å². The largest absolute Gasteiger partial charge is 0.297 e. The molecule has 1 heterocycles. The van der Waals surface area contributed by atoms with Crippen LogP contribution in [0.1, 0.15) is 47.5 Å². The Morgan fingerprint density at radius 1 is 1.29 bits per heavy atom. The number of hydrogen-bond donors (Lipinski definition) is 1. The number of hydrogen-bond acceptors (Lipinski definition) is 3. The lowest BCUT2D eigenvalue weighted by molar-refractivity contribution is 0.0961. The highest BCUT2D eigenvalue weighted by Gasteiger charge is 2.30. The number of likely N-dealkylation sites (tertiary alicyclic amines) is 1. The van der Waals surface area contributed by atoms with E-state index < -0.39 is 10.0 Å². The van der Waals surface area contributed by atoms with Gasteiger partial charge in [0.1, 0.15) is 0 Å². The summed E-state index contributed by atoms with van der Waals surface area (Å²) in [6, 6.07) is 0.0652. The third-order valence-electron chi connectivity index (χ3n) is 3.32. The summed E-state index contributed by atoms with van der Waals surface area (Å²) in [5.41, 5.74) is 0.113. The molecule has 1 fully saturated rings. The molecule has 0 spiro atoms. The zero-order chi connectivity index (χ0) is 13.3. The minimum Gasteiger partial charge on any atom is -0.297 e. The van der Waals surface area contributed by atoms with Crippen molar-refractivity contribution in [2.45, 2.75) is 64.3 Å². The van der Waals surface area contributed by atoms with E-state index in [-0.39, 0.29) is 16.8 Å². The van der Waals surface area contributed by atoms with Crippen molar-refractivity contribution in [2.75, 3.05) is 13.1 Å². The zero-order valence-electron chi connectivity index (χ0n) is 11.7. The van der Waals surface area contributed by atoms with E-state index in [1.165, 1.54) is 0 Å². The molecule has 5 heteroatoms. The van der Waals surface area contributed by atoms with Crippen molar-refractivity contribution >= 4 is 10.0 Å². The van der Waals surface area contributed by atoms with Crippen LogP contribution in [0.4, 0.5) is 0 Å². The van der Waals surface area contributed by atoms with Crippen molar-refractivity contribution in [3.8, 4) is 0 Å². The summed E-state index contributed by atoms with van der Waals surface area (Å²) in [5.74, 6) is 0. The number of sulfonamides is 1. The van der Waals surface area contributed by atoms with Gasteiger partial charge in [-0.3, -0.25) is 4.90 Å². The second-order valence-electron chi connectivity index (χ2n) is 6.17. The Morgan fingerprint density at radius 3 is 2.35 bits per heavy atom. The van der Waals surface area contributed by atoms with Crippen molar-refractivity contribution in [1.29, 1.82) is 0 Å². The number of piperidine rings is 1. The SMILES string of the molecule is CC(C)S(=O)(=O)NC1CCCN(C(C)(C)C)C1. The molecule has 0 amide bonds. The van der Waals surface area contributed by atoms with E-state index in [4.69, 9.17) is 0 Å². The van der Waals surface area contributed by atoms with Crippen LogP contribution in [0.5, 0.6) is 0 Å². The van der Waals surface area contributed by atoms with Gasteiger partial charge in [0.15, 0.2) is 0 Å². The van der Waals surface area contributed by atoms with Crippen molar-refractivity contribution in [3.63, 3.8) is 0 Å². The summed E-state index contributed by atoms with van der Waals surface area (Å²) in [6.45, 7) is 11.8. The smallest absolute Gasteiger partial charge is 0.214 e. The molecule has 1 rings (SSSR count). The quantitative estimate of drug-likeness (QED) is 0.840. The summed E-state index contributed by atoms with van der Waals surface area (Å²) in [7, 11) is -3.14. The van der Waals surface area contributed by atoms with E-state index in [0.717, 1.165) is 25.9 Å². The van der Waals surface area contributed by atoms with E-state index in [1.54, 1.807) is 13.8 Å². The van der Waals surface area contributed by atoms with Gasteiger partial charge in [-0.15, -0.1) is 0 Å². The lowest BCUT2D eigenvalue weighted by atomic mass is 9.99. The highest BCUT2D eigenvalue weighted by atomic mass is 32.2. The van der Waals surface area contributed by atoms with Gasteiger partial charge in [0.05, 0.1) is 5.25 Å². The summed E-state index contributed by atoms with van der Waals surface area (Å²) < 4.78 is 26.5. The Balaban J connectivity index is 2.63. The molecule has 0 bridgehead atoms. The van der Waals surface area contributed by atoms with Gasteiger partial charge >= 0.3 is 0 Å². The second kappa shape index (κ2) is 5.24. The maximum absolute atomic E-state index is 11.8. The first-order chi connectivity index (χ1) is 7.63. The average Bonchev–Trinajstić information content (AvgIpc) is 2.15. The summed E-state index contributed by atoms with van der Waals surface area (Å²) in [5, 5.41) is -0.354. The van der Waals surface area contributed by atoms with Crippen molar-refractivity contribution in [3.05, 3.63) is 0 Å². The van der Waals surface area contributed by atoms with Crippen molar-refractivity contribution in [2.24, 2.45) is 0 Å². The van der Waals surface area contributed by atoms with E-state index in [9.17, 15) is 8.42 Å². The predicted octanol–water partition coefficient (Wildman–Crippen LogP) is 1.58. The van der Waals surface area contributed by atoms with Crippen LogP contribution in [0.3, 0.4) is 0 Å². The van der Waals surface area contributed by atoms with Gasteiger partial charge in [-0.05, 0) is 54.0 Å². The first-order valence-corrected chi connectivity index (χ1v) is 7.94. The third-order valence-corrected chi connectivity index (χ3v) is 5.22. The molecule has 102 valence electrons. The molecule has 1 N–H and O–H groups in total. The lowest BCUT2D eigenvalue weighted by Gasteiger charge is -2.41. The Hall–Kier alpha value is -0.130. The number of rotatable bonds is 3. The monoisotopic (exact) mass is 262 g/mol. The molecule has 1 atom stereocenters. The van der Waals surface area contributed by atoms with Crippen LogP contribution < -0.4 is 4.72 Å².